The largest absolute Gasteiger partial charge is 0.342 e. The van der Waals surface area contributed by atoms with E-state index in [1.54, 1.807) is 6.20 Å². The van der Waals surface area contributed by atoms with Gasteiger partial charge in [0.2, 0.25) is 0 Å². The molecule has 1 atom stereocenters. The molecule has 2 aromatic rings. The molecule has 3 heterocycles. The second kappa shape index (κ2) is 4.67. The van der Waals surface area contributed by atoms with Crippen molar-refractivity contribution in [2.45, 2.75) is 25.3 Å². The first-order valence-electron chi connectivity index (χ1n) is 6.09. The van der Waals surface area contributed by atoms with Gasteiger partial charge in [0.25, 0.3) is 0 Å². The number of nitrogens with zero attached hydrogens (tertiary/aromatic N) is 2. The van der Waals surface area contributed by atoms with E-state index in [2.05, 4.69) is 20.3 Å². The Morgan fingerprint density at radius 3 is 3.12 bits per heavy atom. The maximum absolute atomic E-state index is 4.43. The number of H-pyrrole nitrogens is 1. The van der Waals surface area contributed by atoms with Crippen molar-refractivity contribution in [1.29, 1.82) is 0 Å². The molecule has 4 heteroatoms. The van der Waals surface area contributed by atoms with Crippen LogP contribution in [0.1, 0.15) is 18.7 Å². The van der Waals surface area contributed by atoms with Gasteiger partial charge in [0.15, 0.2) is 0 Å². The highest BCUT2D eigenvalue weighted by Crippen LogP contribution is 2.16. The molecule has 1 saturated heterocycles. The quantitative estimate of drug-likeness (QED) is 0.841. The lowest BCUT2D eigenvalue weighted by atomic mass is 10.1. The van der Waals surface area contributed by atoms with E-state index in [0.29, 0.717) is 6.04 Å². The van der Waals surface area contributed by atoms with Crippen molar-refractivity contribution in [3.63, 3.8) is 0 Å². The molecule has 0 saturated carbocycles. The van der Waals surface area contributed by atoms with Gasteiger partial charge in [-0.05, 0) is 31.5 Å². The topological polar surface area (TPSA) is 53.6 Å². The smallest absolute Gasteiger partial charge is 0.108 e. The summed E-state index contributed by atoms with van der Waals surface area (Å²) in [5.74, 6) is 1.06. The van der Waals surface area contributed by atoms with Crippen LogP contribution in [0.15, 0.2) is 30.7 Å². The van der Waals surface area contributed by atoms with Gasteiger partial charge in [-0.15, -0.1) is 0 Å². The Balaban J connectivity index is 1.74. The molecule has 1 aliphatic heterocycles. The molecule has 3 rings (SSSR count). The second-order valence-electron chi connectivity index (χ2n) is 4.48. The second-order valence-corrected chi connectivity index (χ2v) is 4.48. The van der Waals surface area contributed by atoms with E-state index in [4.69, 9.17) is 0 Å². The Kier molecular flexibility index (Phi) is 2.88. The molecule has 0 aromatic carbocycles. The molecule has 0 bridgehead atoms. The third kappa shape index (κ3) is 2.36. The van der Waals surface area contributed by atoms with E-state index in [9.17, 15) is 0 Å². The normalized spacial score (nSPS) is 19.6. The average molecular weight is 228 g/mol. The fourth-order valence-electron chi connectivity index (χ4n) is 2.30. The lowest BCUT2D eigenvalue weighted by Gasteiger charge is -2.06. The minimum Gasteiger partial charge on any atom is -0.342 e. The molecule has 0 radical (unpaired) electrons. The van der Waals surface area contributed by atoms with Gasteiger partial charge in [0.05, 0.1) is 11.9 Å². The van der Waals surface area contributed by atoms with E-state index < -0.39 is 0 Å². The molecule has 2 aromatic heterocycles. The van der Waals surface area contributed by atoms with Crippen molar-refractivity contribution in [2.24, 2.45) is 0 Å². The number of hydrogen-bond acceptors (Lipinski definition) is 3. The third-order valence-corrected chi connectivity index (χ3v) is 3.20. The lowest BCUT2D eigenvalue weighted by Crippen LogP contribution is -2.24. The first-order chi connectivity index (χ1) is 8.42. The molecule has 2 N–H and O–H groups in total. The van der Waals surface area contributed by atoms with Crippen LogP contribution in [-0.2, 0) is 6.42 Å². The third-order valence-electron chi connectivity index (χ3n) is 3.20. The van der Waals surface area contributed by atoms with Crippen molar-refractivity contribution in [2.75, 3.05) is 6.54 Å². The average Bonchev–Trinajstić information content (AvgIpc) is 3.02. The summed E-state index contributed by atoms with van der Waals surface area (Å²) in [4.78, 5) is 11.9. The van der Waals surface area contributed by atoms with Gasteiger partial charge in [-0.25, -0.2) is 4.98 Å². The maximum atomic E-state index is 4.43. The van der Waals surface area contributed by atoms with Crippen LogP contribution in [0.4, 0.5) is 0 Å². The number of pyridine rings is 1. The summed E-state index contributed by atoms with van der Waals surface area (Å²) in [6.07, 6.45) is 9.04. The SMILES string of the molecule is c1cncc(-c2cnc(CC3CCCN3)[nH]2)c1. The molecule has 0 aliphatic carbocycles. The van der Waals surface area contributed by atoms with Gasteiger partial charge in [-0.1, -0.05) is 0 Å². The molecule has 4 nitrogen and oxygen atoms in total. The maximum Gasteiger partial charge on any atom is 0.108 e. The first-order valence-corrected chi connectivity index (χ1v) is 6.09. The molecular weight excluding hydrogens is 212 g/mol. The molecule has 0 spiro atoms. The van der Waals surface area contributed by atoms with Gasteiger partial charge in [0, 0.05) is 30.4 Å². The van der Waals surface area contributed by atoms with E-state index in [0.717, 1.165) is 30.0 Å². The van der Waals surface area contributed by atoms with E-state index in [-0.39, 0.29) is 0 Å². The highest BCUT2D eigenvalue weighted by molar-refractivity contribution is 5.56. The highest BCUT2D eigenvalue weighted by atomic mass is 15.0. The van der Waals surface area contributed by atoms with Crippen LogP contribution < -0.4 is 5.32 Å². The molecule has 1 fully saturated rings. The van der Waals surface area contributed by atoms with Crippen LogP contribution in [0.5, 0.6) is 0 Å². The van der Waals surface area contributed by atoms with Crippen molar-refractivity contribution in [3.05, 3.63) is 36.5 Å². The summed E-state index contributed by atoms with van der Waals surface area (Å²) in [5, 5.41) is 3.48. The fourth-order valence-corrected chi connectivity index (χ4v) is 2.30. The zero-order valence-electron chi connectivity index (χ0n) is 9.69. The standard InChI is InChI=1S/C13H16N4/c1-3-10(8-14-5-1)12-9-16-13(17-12)7-11-4-2-6-15-11/h1,3,5,8-9,11,15H,2,4,6-7H2,(H,16,17). The summed E-state index contributed by atoms with van der Waals surface area (Å²) in [5.41, 5.74) is 2.14. The summed E-state index contributed by atoms with van der Waals surface area (Å²) < 4.78 is 0. The molecule has 1 aliphatic rings. The van der Waals surface area contributed by atoms with E-state index in [1.165, 1.54) is 12.8 Å². The van der Waals surface area contributed by atoms with Gasteiger partial charge < -0.3 is 10.3 Å². The van der Waals surface area contributed by atoms with Crippen molar-refractivity contribution in [1.82, 2.24) is 20.3 Å². The Bertz CT molecular complexity index is 471. The number of rotatable bonds is 3. The van der Waals surface area contributed by atoms with Gasteiger partial charge in [-0.2, -0.15) is 0 Å². The summed E-state index contributed by atoms with van der Waals surface area (Å²) in [6, 6.07) is 4.56. The molecule has 1 unspecified atom stereocenters. The summed E-state index contributed by atoms with van der Waals surface area (Å²) in [6.45, 7) is 1.14. The predicted octanol–water partition coefficient (Wildman–Crippen LogP) is 1.77. The van der Waals surface area contributed by atoms with E-state index >= 15 is 0 Å². The number of aromatic amines is 1. The predicted molar refractivity (Wildman–Crippen MR) is 66.5 cm³/mol. The summed E-state index contributed by atoms with van der Waals surface area (Å²) >= 11 is 0. The monoisotopic (exact) mass is 228 g/mol. The van der Waals surface area contributed by atoms with Crippen molar-refractivity contribution in [3.8, 4) is 11.3 Å². The fraction of sp³-hybridized carbons (Fsp3) is 0.385. The zero-order chi connectivity index (χ0) is 11.5. The minimum absolute atomic E-state index is 0.586. The van der Waals surface area contributed by atoms with E-state index in [1.807, 2.05) is 24.5 Å². The van der Waals surface area contributed by atoms with Crippen LogP contribution in [0.3, 0.4) is 0 Å². The molecule has 17 heavy (non-hydrogen) atoms. The molecule has 88 valence electrons. The number of hydrogen-bond donors (Lipinski definition) is 2. The Morgan fingerprint density at radius 1 is 1.35 bits per heavy atom. The minimum atomic E-state index is 0.586. The van der Waals surface area contributed by atoms with Gasteiger partial charge in [-0.3, -0.25) is 4.98 Å². The molecular formula is C13H16N4. The van der Waals surface area contributed by atoms with Gasteiger partial charge in [0.1, 0.15) is 5.82 Å². The van der Waals surface area contributed by atoms with Crippen LogP contribution in [-0.4, -0.2) is 27.5 Å². The number of nitrogens with one attached hydrogen (secondary N) is 2. The van der Waals surface area contributed by atoms with Gasteiger partial charge >= 0.3 is 0 Å². The number of imidazole rings is 1. The lowest BCUT2D eigenvalue weighted by molar-refractivity contribution is 0.589. The molecule has 0 amide bonds. The van der Waals surface area contributed by atoms with Crippen molar-refractivity contribution < 1.29 is 0 Å². The number of aromatic nitrogens is 3. The van der Waals surface area contributed by atoms with Crippen LogP contribution in [0.2, 0.25) is 0 Å². The van der Waals surface area contributed by atoms with Crippen molar-refractivity contribution >= 4 is 0 Å². The van der Waals surface area contributed by atoms with Crippen LogP contribution >= 0.6 is 0 Å². The Hall–Kier alpha value is -1.68. The Labute approximate surface area is 101 Å². The zero-order valence-corrected chi connectivity index (χ0v) is 9.69. The first kappa shape index (κ1) is 10.5. The van der Waals surface area contributed by atoms with Crippen LogP contribution in [0.25, 0.3) is 11.3 Å². The highest BCUT2D eigenvalue weighted by Gasteiger charge is 2.16. The Morgan fingerprint density at radius 2 is 2.35 bits per heavy atom. The summed E-state index contributed by atoms with van der Waals surface area (Å²) in [7, 11) is 0. The van der Waals surface area contributed by atoms with Crippen LogP contribution in [0, 0.1) is 0 Å².